The van der Waals surface area contributed by atoms with Gasteiger partial charge >= 0.3 is 0 Å². The summed E-state index contributed by atoms with van der Waals surface area (Å²) in [5.41, 5.74) is 0.699. The van der Waals surface area contributed by atoms with E-state index in [1.807, 2.05) is 0 Å². The number of aromatic nitrogens is 1. The van der Waals surface area contributed by atoms with E-state index in [0.29, 0.717) is 23.2 Å². The fraction of sp³-hybridized carbons (Fsp3) is 0.500. The quantitative estimate of drug-likeness (QED) is 0.688. The number of nitrogens with zero attached hydrogens (tertiary/aromatic N) is 3. The van der Waals surface area contributed by atoms with Gasteiger partial charge in [0, 0.05) is 18.7 Å². The molecule has 2 aromatic rings. The molecular formula is C14H18N4O3. The number of anilines is 1. The molecule has 0 saturated carbocycles. The molecule has 1 aliphatic heterocycles. The molecule has 1 aliphatic rings. The van der Waals surface area contributed by atoms with E-state index >= 15 is 0 Å². The van der Waals surface area contributed by atoms with Crippen LogP contribution in [0.4, 0.5) is 11.7 Å². The molecule has 7 nitrogen and oxygen atoms in total. The molecule has 1 unspecified atom stereocenters. The topological polar surface area (TPSA) is 84.4 Å². The summed E-state index contributed by atoms with van der Waals surface area (Å²) in [6.07, 6.45) is 3.61. The maximum atomic E-state index is 11.0. The van der Waals surface area contributed by atoms with E-state index in [1.54, 1.807) is 12.1 Å². The third-order valence-electron chi connectivity index (χ3n) is 4.00. The molecule has 1 aromatic heterocycles. The Morgan fingerprint density at radius 1 is 1.52 bits per heavy atom. The summed E-state index contributed by atoms with van der Waals surface area (Å²) in [5, 5.41) is 14.1. The van der Waals surface area contributed by atoms with Crippen molar-refractivity contribution >= 4 is 22.8 Å². The highest BCUT2D eigenvalue weighted by Gasteiger charge is 2.21. The average Bonchev–Trinajstić information content (AvgIpc) is 2.88. The van der Waals surface area contributed by atoms with Gasteiger partial charge in [0.15, 0.2) is 11.1 Å². The number of rotatable bonds is 4. The maximum Gasteiger partial charge on any atom is 0.298 e. The molecule has 2 heterocycles. The van der Waals surface area contributed by atoms with Gasteiger partial charge in [-0.05, 0) is 32.5 Å². The lowest BCUT2D eigenvalue weighted by Crippen LogP contribution is -2.40. The summed E-state index contributed by atoms with van der Waals surface area (Å²) in [4.78, 5) is 17.1. The van der Waals surface area contributed by atoms with Gasteiger partial charge in [-0.15, -0.1) is 0 Å². The first-order valence-corrected chi connectivity index (χ1v) is 7.13. The highest BCUT2D eigenvalue weighted by molar-refractivity contribution is 5.83. The number of hydrogen-bond donors (Lipinski definition) is 1. The number of likely N-dealkylation sites (tertiary alicyclic amines) is 1. The Hall–Kier alpha value is -2.15. The van der Waals surface area contributed by atoms with E-state index in [4.69, 9.17) is 4.42 Å². The summed E-state index contributed by atoms with van der Waals surface area (Å²) in [5.74, 6) is 0. The lowest BCUT2D eigenvalue weighted by Gasteiger charge is -2.32. The van der Waals surface area contributed by atoms with Gasteiger partial charge in [0.05, 0.1) is 4.92 Å². The Morgan fingerprint density at radius 3 is 3.14 bits per heavy atom. The number of nitro groups is 1. The molecule has 0 spiro atoms. The Labute approximate surface area is 122 Å². The number of likely N-dealkylation sites (N-methyl/N-ethyl adjacent to an activating group) is 1. The molecule has 7 heteroatoms. The second-order valence-electron chi connectivity index (χ2n) is 5.41. The number of piperidine rings is 1. The first-order valence-electron chi connectivity index (χ1n) is 7.13. The van der Waals surface area contributed by atoms with Crippen molar-refractivity contribution < 1.29 is 9.34 Å². The molecule has 1 N–H and O–H groups in total. The molecule has 0 amide bonds. The number of oxazole rings is 1. The number of para-hydroxylation sites is 1. The number of hydrogen-bond acceptors (Lipinski definition) is 6. The largest absolute Gasteiger partial charge is 0.423 e. The summed E-state index contributed by atoms with van der Waals surface area (Å²) >= 11 is 0. The van der Waals surface area contributed by atoms with Crippen LogP contribution in [0.3, 0.4) is 0 Å². The van der Waals surface area contributed by atoms with Crippen LogP contribution >= 0.6 is 0 Å². The average molecular weight is 290 g/mol. The zero-order valence-electron chi connectivity index (χ0n) is 11.9. The van der Waals surface area contributed by atoms with Gasteiger partial charge < -0.3 is 14.6 Å². The third kappa shape index (κ3) is 2.82. The van der Waals surface area contributed by atoms with Gasteiger partial charge in [0.25, 0.3) is 11.7 Å². The SMILES string of the molecule is CN1CCCCC1CNc1nc2c([N+](=O)[O-])cccc2o1. The van der Waals surface area contributed by atoms with Crippen LogP contribution in [0.5, 0.6) is 0 Å². The van der Waals surface area contributed by atoms with Crippen molar-refractivity contribution in [3.05, 3.63) is 28.3 Å². The van der Waals surface area contributed by atoms with Crippen molar-refractivity contribution in [2.45, 2.75) is 25.3 Å². The molecule has 0 radical (unpaired) electrons. The van der Waals surface area contributed by atoms with E-state index in [1.165, 1.54) is 18.9 Å². The van der Waals surface area contributed by atoms with Crippen LogP contribution in [0.15, 0.2) is 22.6 Å². The van der Waals surface area contributed by atoms with Gasteiger partial charge in [-0.25, -0.2) is 0 Å². The molecule has 1 aromatic carbocycles. The molecule has 3 rings (SSSR count). The van der Waals surface area contributed by atoms with Crippen LogP contribution < -0.4 is 5.32 Å². The summed E-state index contributed by atoms with van der Waals surface area (Å²) in [6, 6.07) is 5.52. The van der Waals surface area contributed by atoms with E-state index in [-0.39, 0.29) is 5.69 Å². The highest BCUT2D eigenvalue weighted by Crippen LogP contribution is 2.27. The van der Waals surface area contributed by atoms with Gasteiger partial charge in [0.2, 0.25) is 0 Å². The number of nitro benzene ring substituents is 1. The van der Waals surface area contributed by atoms with Gasteiger partial charge in [-0.1, -0.05) is 12.5 Å². The predicted octanol–water partition coefficient (Wildman–Crippen LogP) is 2.63. The predicted molar refractivity (Wildman–Crippen MR) is 79.4 cm³/mol. The normalized spacial score (nSPS) is 19.8. The van der Waals surface area contributed by atoms with E-state index < -0.39 is 4.92 Å². The number of nitrogens with one attached hydrogen (secondary N) is 1. The monoisotopic (exact) mass is 290 g/mol. The third-order valence-corrected chi connectivity index (χ3v) is 4.00. The zero-order valence-corrected chi connectivity index (χ0v) is 11.9. The standard InChI is InChI=1S/C14H18N4O3/c1-17-8-3-2-5-10(17)9-15-14-16-13-11(18(19)20)6-4-7-12(13)21-14/h4,6-7,10H,2-3,5,8-9H2,1H3,(H,15,16). The van der Waals surface area contributed by atoms with Crippen molar-refractivity contribution in [3.63, 3.8) is 0 Å². The van der Waals surface area contributed by atoms with Gasteiger partial charge in [-0.3, -0.25) is 10.1 Å². The molecule has 0 bridgehead atoms. The van der Waals surface area contributed by atoms with Crippen molar-refractivity contribution in [2.24, 2.45) is 0 Å². The zero-order chi connectivity index (χ0) is 14.8. The van der Waals surface area contributed by atoms with Crippen molar-refractivity contribution in [3.8, 4) is 0 Å². The highest BCUT2D eigenvalue weighted by atomic mass is 16.6. The molecule has 1 saturated heterocycles. The Balaban J connectivity index is 1.75. The van der Waals surface area contributed by atoms with Crippen molar-refractivity contribution in [1.82, 2.24) is 9.88 Å². The molecular weight excluding hydrogens is 272 g/mol. The van der Waals surface area contributed by atoms with E-state index in [2.05, 4.69) is 22.2 Å². The first-order chi connectivity index (χ1) is 10.1. The van der Waals surface area contributed by atoms with Crippen LogP contribution in [-0.2, 0) is 0 Å². The summed E-state index contributed by atoms with van der Waals surface area (Å²) < 4.78 is 5.54. The van der Waals surface area contributed by atoms with Crippen LogP contribution in [0.1, 0.15) is 19.3 Å². The Kier molecular flexibility index (Phi) is 3.74. The Morgan fingerprint density at radius 2 is 2.38 bits per heavy atom. The number of fused-ring (bicyclic) bond motifs is 1. The summed E-state index contributed by atoms with van der Waals surface area (Å²) in [7, 11) is 2.11. The van der Waals surface area contributed by atoms with E-state index in [9.17, 15) is 10.1 Å². The lowest BCUT2D eigenvalue weighted by atomic mass is 10.0. The minimum atomic E-state index is -0.441. The fourth-order valence-electron chi connectivity index (χ4n) is 2.76. The Bertz CT molecular complexity index is 655. The number of non-ortho nitro benzene ring substituents is 1. The minimum absolute atomic E-state index is 0.0286. The molecule has 21 heavy (non-hydrogen) atoms. The van der Waals surface area contributed by atoms with Gasteiger partial charge in [0.1, 0.15) is 0 Å². The molecule has 1 fully saturated rings. The smallest absolute Gasteiger partial charge is 0.298 e. The second kappa shape index (κ2) is 5.69. The maximum absolute atomic E-state index is 11.0. The second-order valence-corrected chi connectivity index (χ2v) is 5.41. The van der Waals surface area contributed by atoms with Crippen LogP contribution in [0.2, 0.25) is 0 Å². The van der Waals surface area contributed by atoms with Crippen LogP contribution in [0, 0.1) is 10.1 Å². The number of benzene rings is 1. The lowest BCUT2D eigenvalue weighted by molar-refractivity contribution is -0.383. The fourth-order valence-corrected chi connectivity index (χ4v) is 2.76. The molecule has 1 atom stereocenters. The van der Waals surface area contributed by atoms with Crippen LogP contribution in [-0.4, -0.2) is 41.0 Å². The molecule has 0 aliphatic carbocycles. The molecule has 112 valence electrons. The first kappa shape index (κ1) is 13.8. The summed E-state index contributed by atoms with van der Waals surface area (Å²) in [6.45, 7) is 1.84. The van der Waals surface area contributed by atoms with Crippen molar-refractivity contribution in [1.29, 1.82) is 0 Å². The van der Waals surface area contributed by atoms with Crippen LogP contribution in [0.25, 0.3) is 11.1 Å². The van der Waals surface area contributed by atoms with E-state index in [0.717, 1.165) is 19.5 Å². The minimum Gasteiger partial charge on any atom is -0.423 e. The van der Waals surface area contributed by atoms with Crippen molar-refractivity contribution in [2.75, 3.05) is 25.5 Å². The van der Waals surface area contributed by atoms with Gasteiger partial charge in [-0.2, -0.15) is 4.98 Å².